The van der Waals surface area contributed by atoms with Crippen LogP contribution in [0.3, 0.4) is 0 Å². The lowest BCUT2D eigenvalue weighted by atomic mass is 9.96. The number of carbonyl (C=O) groups is 2. The first-order valence-electron chi connectivity index (χ1n) is 9.69. The molecule has 0 spiro atoms. The molecule has 8 nitrogen and oxygen atoms in total. The zero-order valence-corrected chi connectivity index (χ0v) is 17.2. The molecule has 1 aliphatic rings. The number of ether oxygens (including phenoxy) is 1. The Bertz CT molecular complexity index is 1080. The SMILES string of the molecule is Cc1cc(NC(=O)C2CCN(C(=O)COc3ccc(Cl)c4cccnc34)CC2)no1. The number of rotatable bonds is 5. The van der Waals surface area contributed by atoms with Crippen molar-refractivity contribution in [3.05, 3.63) is 47.3 Å². The van der Waals surface area contributed by atoms with Gasteiger partial charge in [-0.1, -0.05) is 16.8 Å². The summed E-state index contributed by atoms with van der Waals surface area (Å²) in [7, 11) is 0. The lowest BCUT2D eigenvalue weighted by Gasteiger charge is -2.31. The Labute approximate surface area is 178 Å². The maximum absolute atomic E-state index is 12.6. The van der Waals surface area contributed by atoms with E-state index in [1.54, 1.807) is 42.3 Å². The average molecular weight is 429 g/mol. The third kappa shape index (κ3) is 4.38. The van der Waals surface area contributed by atoms with Crippen LogP contribution in [0.1, 0.15) is 18.6 Å². The van der Waals surface area contributed by atoms with Crippen molar-refractivity contribution in [2.45, 2.75) is 19.8 Å². The smallest absolute Gasteiger partial charge is 0.260 e. The van der Waals surface area contributed by atoms with Gasteiger partial charge in [0.2, 0.25) is 5.91 Å². The van der Waals surface area contributed by atoms with Crippen LogP contribution >= 0.6 is 11.6 Å². The maximum atomic E-state index is 12.6. The Hall–Kier alpha value is -3.13. The number of aryl methyl sites for hydroxylation is 1. The van der Waals surface area contributed by atoms with Gasteiger partial charge in [0.25, 0.3) is 5.91 Å². The summed E-state index contributed by atoms with van der Waals surface area (Å²) in [5, 5.41) is 7.89. The molecule has 0 atom stereocenters. The number of fused-ring (bicyclic) bond motifs is 1. The molecule has 1 N–H and O–H groups in total. The third-order valence-corrected chi connectivity index (χ3v) is 5.46. The van der Waals surface area contributed by atoms with Crippen LogP contribution in [-0.4, -0.2) is 46.6 Å². The average Bonchev–Trinajstić information content (AvgIpc) is 3.18. The minimum atomic E-state index is -0.170. The van der Waals surface area contributed by atoms with Crippen molar-refractivity contribution >= 4 is 40.1 Å². The fraction of sp³-hybridized carbons (Fsp3) is 0.333. The van der Waals surface area contributed by atoms with Gasteiger partial charge in [0.1, 0.15) is 17.0 Å². The minimum Gasteiger partial charge on any atom is -0.481 e. The summed E-state index contributed by atoms with van der Waals surface area (Å²) in [4.78, 5) is 31.0. The molecule has 0 aliphatic carbocycles. The van der Waals surface area contributed by atoms with Crippen molar-refractivity contribution in [3.63, 3.8) is 0 Å². The summed E-state index contributed by atoms with van der Waals surface area (Å²) < 4.78 is 10.7. The van der Waals surface area contributed by atoms with Gasteiger partial charge >= 0.3 is 0 Å². The third-order valence-electron chi connectivity index (χ3n) is 5.13. The predicted octanol–water partition coefficient (Wildman–Crippen LogP) is 3.44. The van der Waals surface area contributed by atoms with Crippen molar-refractivity contribution < 1.29 is 18.8 Å². The van der Waals surface area contributed by atoms with Gasteiger partial charge in [0, 0.05) is 36.7 Å². The topological polar surface area (TPSA) is 97.6 Å². The van der Waals surface area contributed by atoms with Gasteiger partial charge in [0.15, 0.2) is 12.4 Å². The molecule has 1 saturated heterocycles. The molecule has 0 unspecified atom stereocenters. The number of anilines is 1. The number of pyridine rings is 1. The number of nitrogens with one attached hydrogen (secondary N) is 1. The van der Waals surface area contributed by atoms with Crippen LogP contribution in [-0.2, 0) is 9.59 Å². The fourth-order valence-electron chi connectivity index (χ4n) is 3.50. The van der Waals surface area contributed by atoms with E-state index in [0.717, 1.165) is 5.39 Å². The summed E-state index contributed by atoms with van der Waals surface area (Å²) in [6.07, 6.45) is 2.82. The standard InChI is InChI=1S/C21H21ClN4O4/c1-13-11-18(25-30-13)24-21(28)14-6-9-26(10-7-14)19(27)12-29-17-5-4-16(22)15-3-2-8-23-20(15)17/h2-5,8,11,14H,6-7,9-10,12H2,1H3,(H,24,25,28). The van der Waals surface area contributed by atoms with Crippen LogP contribution < -0.4 is 10.1 Å². The van der Waals surface area contributed by atoms with Crippen molar-refractivity contribution in [3.8, 4) is 5.75 Å². The van der Waals surface area contributed by atoms with E-state index in [1.165, 1.54) is 0 Å². The first-order valence-corrected chi connectivity index (χ1v) is 10.1. The number of nitrogens with zero attached hydrogens (tertiary/aromatic N) is 3. The Balaban J connectivity index is 1.30. The summed E-state index contributed by atoms with van der Waals surface area (Å²) >= 11 is 6.19. The van der Waals surface area contributed by atoms with Gasteiger partial charge in [-0.25, -0.2) is 0 Å². The summed E-state index contributed by atoms with van der Waals surface area (Å²) in [6.45, 7) is 2.66. The number of hydrogen-bond donors (Lipinski definition) is 1. The lowest BCUT2D eigenvalue weighted by molar-refractivity contribution is -0.136. The van der Waals surface area contributed by atoms with Crippen LogP contribution in [0.2, 0.25) is 5.02 Å². The van der Waals surface area contributed by atoms with Crippen molar-refractivity contribution in [2.24, 2.45) is 5.92 Å². The van der Waals surface area contributed by atoms with Crippen LogP contribution in [0, 0.1) is 12.8 Å². The highest BCUT2D eigenvalue weighted by Gasteiger charge is 2.28. The molecular formula is C21H21ClN4O4. The fourth-order valence-corrected chi connectivity index (χ4v) is 3.72. The molecule has 1 aromatic carbocycles. The van der Waals surface area contributed by atoms with Gasteiger partial charge in [-0.15, -0.1) is 0 Å². The second-order valence-corrected chi connectivity index (χ2v) is 7.61. The largest absolute Gasteiger partial charge is 0.481 e. The van der Waals surface area contributed by atoms with Crippen LogP contribution in [0.25, 0.3) is 10.9 Å². The number of benzene rings is 1. The van der Waals surface area contributed by atoms with E-state index in [4.69, 9.17) is 20.9 Å². The molecular weight excluding hydrogens is 408 g/mol. The maximum Gasteiger partial charge on any atom is 0.260 e. The number of halogens is 1. The molecule has 0 radical (unpaired) electrons. The molecule has 9 heteroatoms. The number of hydrogen-bond acceptors (Lipinski definition) is 6. The molecule has 0 bridgehead atoms. The summed E-state index contributed by atoms with van der Waals surface area (Å²) in [5.74, 6) is 1.16. The lowest BCUT2D eigenvalue weighted by Crippen LogP contribution is -2.43. The number of piperidine rings is 1. The van der Waals surface area contributed by atoms with Gasteiger partial charge in [-0.3, -0.25) is 14.6 Å². The molecule has 1 aliphatic heterocycles. The van der Waals surface area contributed by atoms with E-state index in [0.29, 0.717) is 53.8 Å². The van der Waals surface area contributed by atoms with E-state index >= 15 is 0 Å². The normalized spacial score (nSPS) is 14.7. The quantitative estimate of drug-likeness (QED) is 0.668. The van der Waals surface area contributed by atoms with Gasteiger partial charge < -0.3 is 19.5 Å². The monoisotopic (exact) mass is 428 g/mol. The highest BCUT2D eigenvalue weighted by atomic mass is 35.5. The molecule has 3 aromatic rings. The van der Waals surface area contributed by atoms with Crippen LogP contribution in [0.15, 0.2) is 41.1 Å². The molecule has 30 heavy (non-hydrogen) atoms. The Kier molecular flexibility index (Phi) is 5.85. The first kappa shape index (κ1) is 20.2. The van der Waals surface area contributed by atoms with Crippen molar-refractivity contribution in [1.82, 2.24) is 15.0 Å². The number of likely N-dealkylation sites (tertiary alicyclic amines) is 1. The molecule has 2 amide bonds. The van der Waals surface area contributed by atoms with E-state index in [1.807, 2.05) is 6.07 Å². The van der Waals surface area contributed by atoms with E-state index in [2.05, 4.69) is 15.5 Å². The Morgan fingerprint density at radius 1 is 1.30 bits per heavy atom. The minimum absolute atomic E-state index is 0.0949. The second kappa shape index (κ2) is 8.71. The zero-order valence-electron chi connectivity index (χ0n) is 16.4. The van der Waals surface area contributed by atoms with Crippen molar-refractivity contribution in [1.29, 1.82) is 0 Å². The van der Waals surface area contributed by atoms with E-state index in [-0.39, 0.29) is 24.3 Å². The number of carbonyl (C=O) groups excluding carboxylic acids is 2. The second-order valence-electron chi connectivity index (χ2n) is 7.20. The summed E-state index contributed by atoms with van der Waals surface area (Å²) in [6, 6.07) is 8.77. The first-order chi connectivity index (χ1) is 14.5. The highest BCUT2D eigenvalue weighted by Crippen LogP contribution is 2.29. The molecule has 156 valence electrons. The Morgan fingerprint density at radius 2 is 2.10 bits per heavy atom. The predicted molar refractivity (Wildman–Crippen MR) is 111 cm³/mol. The van der Waals surface area contributed by atoms with Crippen LogP contribution in [0.5, 0.6) is 5.75 Å². The summed E-state index contributed by atoms with van der Waals surface area (Å²) in [5.41, 5.74) is 0.622. The molecule has 2 aromatic heterocycles. The van der Waals surface area contributed by atoms with Gasteiger partial charge in [0.05, 0.1) is 5.02 Å². The number of aromatic nitrogens is 2. The van der Waals surface area contributed by atoms with E-state index < -0.39 is 0 Å². The molecule has 4 rings (SSSR count). The molecule has 3 heterocycles. The zero-order chi connectivity index (χ0) is 21.1. The van der Waals surface area contributed by atoms with Gasteiger partial charge in [-0.05, 0) is 44.0 Å². The molecule has 1 fully saturated rings. The Morgan fingerprint density at radius 3 is 2.83 bits per heavy atom. The van der Waals surface area contributed by atoms with E-state index in [9.17, 15) is 9.59 Å². The van der Waals surface area contributed by atoms with Crippen LogP contribution in [0.4, 0.5) is 5.82 Å². The highest BCUT2D eigenvalue weighted by molar-refractivity contribution is 6.35. The van der Waals surface area contributed by atoms with Crippen molar-refractivity contribution in [2.75, 3.05) is 25.0 Å². The molecule has 0 saturated carbocycles. The number of amides is 2. The van der Waals surface area contributed by atoms with Gasteiger partial charge in [-0.2, -0.15) is 0 Å².